The van der Waals surface area contributed by atoms with E-state index in [0.717, 1.165) is 0 Å². The van der Waals surface area contributed by atoms with E-state index in [2.05, 4.69) is 4.72 Å². The first kappa shape index (κ1) is 7.47. The zero-order valence-corrected chi connectivity index (χ0v) is 6.48. The van der Waals surface area contributed by atoms with Crippen molar-refractivity contribution >= 4 is 17.9 Å². The van der Waals surface area contributed by atoms with E-state index in [4.69, 9.17) is 4.74 Å². The Morgan fingerprint density at radius 3 is 3.20 bits per heavy atom. The molecule has 1 atom stereocenters. The number of carbonyl (C=O) groups excluding carboxylic acids is 1. The minimum Gasteiger partial charge on any atom is -0.465 e. The van der Waals surface area contributed by atoms with E-state index >= 15 is 0 Å². The van der Waals surface area contributed by atoms with Crippen LogP contribution in [0, 0.1) is 0 Å². The normalized spacial score (nSPS) is 22.3. The van der Waals surface area contributed by atoms with Crippen molar-refractivity contribution in [3.8, 4) is 0 Å². The molecule has 0 spiro atoms. The monoisotopic (exact) mass is 159 g/mol. The van der Waals surface area contributed by atoms with Gasteiger partial charge in [-0.25, -0.2) is 0 Å². The van der Waals surface area contributed by atoms with Crippen molar-refractivity contribution in [1.29, 1.82) is 0 Å². The van der Waals surface area contributed by atoms with Gasteiger partial charge in [-0.3, -0.25) is 4.79 Å². The quantitative estimate of drug-likeness (QED) is 0.475. The van der Waals surface area contributed by atoms with Crippen LogP contribution in [0.5, 0.6) is 0 Å². The molecule has 0 saturated carbocycles. The number of nitrogens with one attached hydrogen (secondary N) is 1. The second-order valence-electron chi connectivity index (χ2n) is 1.77. The molecule has 0 amide bonds. The molecule has 1 heterocycles. The predicted octanol–water partition coefficient (Wildman–Crippen LogP) is 0.683. The van der Waals surface area contributed by atoms with Crippen LogP contribution in [0.3, 0.4) is 0 Å². The third-order valence-corrected chi connectivity index (χ3v) is 1.93. The van der Waals surface area contributed by atoms with Crippen molar-refractivity contribution in [2.75, 3.05) is 6.61 Å². The van der Waals surface area contributed by atoms with Crippen molar-refractivity contribution in [3.63, 3.8) is 0 Å². The van der Waals surface area contributed by atoms with Crippen molar-refractivity contribution in [2.24, 2.45) is 0 Å². The first-order valence-electron chi connectivity index (χ1n) is 3.09. The standard InChI is InChI=1S/C6H9NO2S/c1-2-9-6(8)5-3-4-7-10-5/h3-5,7H,2H2,1H3. The number of esters is 1. The molecule has 1 aliphatic rings. The highest BCUT2D eigenvalue weighted by Crippen LogP contribution is 2.15. The molecule has 4 heteroatoms. The molecule has 0 aliphatic carbocycles. The van der Waals surface area contributed by atoms with E-state index in [1.54, 1.807) is 19.2 Å². The third-order valence-electron chi connectivity index (χ3n) is 1.05. The van der Waals surface area contributed by atoms with Crippen LogP contribution >= 0.6 is 11.9 Å². The summed E-state index contributed by atoms with van der Waals surface area (Å²) in [6.45, 7) is 2.25. The molecular weight excluding hydrogens is 150 g/mol. The van der Waals surface area contributed by atoms with E-state index in [1.165, 1.54) is 11.9 Å². The number of rotatable bonds is 2. The van der Waals surface area contributed by atoms with Gasteiger partial charge in [0.15, 0.2) is 0 Å². The summed E-state index contributed by atoms with van der Waals surface area (Å²) in [6.07, 6.45) is 3.52. The molecule has 0 aromatic carbocycles. The smallest absolute Gasteiger partial charge is 0.324 e. The lowest BCUT2D eigenvalue weighted by molar-refractivity contribution is -0.141. The second kappa shape index (κ2) is 3.51. The summed E-state index contributed by atoms with van der Waals surface area (Å²) in [5.41, 5.74) is 0. The van der Waals surface area contributed by atoms with Crippen LogP contribution < -0.4 is 4.72 Å². The van der Waals surface area contributed by atoms with Gasteiger partial charge in [0, 0.05) is 6.20 Å². The molecule has 0 radical (unpaired) electrons. The first-order chi connectivity index (χ1) is 4.84. The van der Waals surface area contributed by atoms with E-state index in [-0.39, 0.29) is 11.2 Å². The molecule has 0 fully saturated rings. The van der Waals surface area contributed by atoms with Crippen molar-refractivity contribution in [1.82, 2.24) is 4.72 Å². The van der Waals surface area contributed by atoms with Crippen LogP contribution in [-0.4, -0.2) is 17.8 Å². The lowest BCUT2D eigenvalue weighted by Gasteiger charge is -2.04. The SMILES string of the molecule is CCOC(=O)C1C=CNS1. The summed E-state index contributed by atoms with van der Waals surface area (Å²) in [5, 5.41) is -0.153. The molecule has 0 saturated heterocycles. The topological polar surface area (TPSA) is 38.3 Å². The van der Waals surface area contributed by atoms with Gasteiger partial charge in [0.2, 0.25) is 0 Å². The summed E-state index contributed by atoms with van der Waals surface area (Å²) < 4.78 is 7.62. The van der Waals surface area contributed by atoms with Gasteiger partial charge >= 0.3 is 5.97 Å². The number of carbonyl (C=O) groups is 1. The van der Waals surface area contributed by atoms with Crippen LogP contribution in [0.1, 0.15) is 6.92 Å². The van der Waals surface area contributed by atoms with E-state index < -0.39 is 0 Å². The van der Waals surface area contributed by atoms with Crippen LogP contribution in [-0.2, 0) is 9.53 Å². The Morgan fingerprint density at radius 1 is 1.90 bits per heavy atom. The van der Waals surface area contributed by atoms with Crippen LogP contribution in [0.4, 0.5) is 0 Å². The van der Waals surface area contributed by atoms with Crippen LogP contribution in [0.15, 0.2) is 12.3 Å². The summed E-state index contributed by atoms with van der Waals surface area (Å²) in [5.74, 6) is -0.172. The molecule has 1 unspecified atom stereocenters. The molecule has 1 N–H and O–H groups in total. The summed E-state index contributed by atoms with van der Waals surface area (Å²) in [7, 11) is 0. The number of hydrogen-bond acceptors (Lipinski definition) is 4. The molecule has 0 bridgehead atoms. The molecular formula is C6H9NO2S. The fourth-order valence-corrected chi connectivity index (χ4v) is 1.25. The maximum absolute atomic E-state index is 10.9. The Hall–Kier alpha value is -0.640. The zero-order valence-electron chi connectivity index (χ0n) is 5.66. The Kier molecular flexibility index (Phi) is 2.62. The predicted molar refractivity (Wildman–Crippen MR) is 40.3 cm³/mol. The average Bonchev–Trinajstić information content (AvgIpc) is 2.38. The van der Waals surface area contributed by atoms with Gasteiger partial charge in [0.25, 0.3) is 0 Å². The molecule has 3 nitrogen and oxygen atoms in total. The van der Waals surface area contributed by atoms with Crippen molar-refractivity contribution in [3.05, 3.63) is 12.3 Å². The fraction of sp³-hybridized carbons (Fsp3) is 0.500. The first-order valence-corrected chi connectivity index (χ1v) is 3.97. The minimum atomic E-state index is -0.172. The average molecular weight is 159 g/mol. The molecule has 1 aliphatic heterocycles. The Morgan fingerprint density at radius 2 is 2.70 bits per heavy atom. The molecule has 10 heavy (non-hydrogen) atoms. The number of hydrogen-bond donors (Lipinski definition) is 1. The maximum Gasteiger partial charge on any atom is 0.324 e. The molecule has 0 aromatic rings. The molecule has 56 valence electrons. The highest BCUT2D eigenvalue weighted by molar-refractivity contribution is 7.99. The summed E-state index contributed by atoms with van der Waals surface area (Å²) >= 11 is 1.35. The fourth-order valence-electron chi connectivity index (χ4n) is 0.630. The Balaban J connectivity index is 2.33. The van der Waals surface area contributed by atoms with Gasteiger partial charge in [-0.05, 0) is 24.9 Å². The maximum atomic E-state index is 10.9. The van der Waals surface area contributed by atoms with Crippen LogP contribution in [0.25, 0.3) is 0 Å². The summed E-state index contributed by atoms with van der Waals surface area (Å²) in [4.78, 5) is 10.9. The zero-order chi connectivity index (χ0) is 7.40. The van der Waals surface area contributed by atoms with Gasteiger partial charge in [-0.15, -0.1) is 0 Å². The highest BCUT2D eigenvalue weighted by Gasteiger charge is 2.19. The van der Waals surface area contributed by atoms with Gasteiger partial charge in [-0.1, -0.05) is 0 Å². The summed E-state index contributed by atoms with van der Waals surface area (Å²) in [6, 6.07) is 0. The van der Waals surface area contributed by atoms with E-state index in [9.17, 15) is 4.79 Å². The highest BCUT2D eigenvalue weighted by atomic mass is 32.2. The molecule has 0 aromatic heterocycles. The van der Waals surface area contributed by atoms with Gasteiger partial charge < -0.3 is 9.46 Å². The van der Waals surface area contributed by atoms with E-state index in [0.29, 0.717) is 6.61 Å². The van der Waals surface area contributed by atoms with Crippen molar-refractivity contribution in [2.45, 2.75) is 12.2 Å². The third kappa shape index (κ3) is 1.67. The van der Waals surface area contributed by atoms with Gasteiger partial charge in [0.05, 0.1) is 6.61 Å². The Bertz CT molecular complexity index is 158. The number of ether oxygens (including phenoxy) is 1. The van der Waals surface area contributed by atoms with Gasteiger partial charge in [0.1, 0.15) is 5.25 Å². The Labute approximate surface area is 64.0 Å². The largest absolute Gasteiger partial charge is 0.465 e. The lowest BCUT2D eigenvalue weighted by Crippen LogP contribution is -2.16. The van der Waals surface area contributed by atoms with Gasteiger partial charge in [-0.2, -0.15) is 0 Å². The molecule has 1 rings (SSSR count). The lowest BCUT2D eigenvalue weighted by atomic mass is 10.4. The van der Waals surface area contributed by atoms with Crippen LogP contribution in [0.2, 0.25) is 0 Å². The van der Waals surface area contributed by atoms with Crippen molar-refractivity contribution < 1.29 is 9.53 Å². The minimum absolute atomic E-state index is 0.153. The van der Waals surface area contributed by atoms with E-state index in [1.807, 2.05) is 0 Å². The second-order valence-corrected chi connectivity index (χ2v) is 2.75.